The lowest BCUT2D eigenvalue weighted by molar-refractivity contribution is -0.137. The van der Waals surface area contributed by atoms with Gasteiger partial charge in [0.15, 0.2) is 0 Å². The van der Waals surface area contributed by atoms with Crippen LogP contribution in [0, 0.1) is 0 Å². The van der Waals surface area contributed by atoms with Crippen molar-refractivity contribution in [2.45, 2.75) is 25.6 Å². The lowest BCUT2D eigenvalue weighted by Crippen LogP contribution is -2.22. The molecule has 100 valence electrons. The summed E-state index contributed by atoms with van der Waals surface area (Å²) in [6.45, 7) is 1.55. The minimum Gasteiger partial charge on any atom is -0.388 e. The topological polar surface area (TPSA) is 49.3 Å². The van der Waals surface area contributed by atoms with Crippen LogP contribution in [0.5, 0.6) is 0 Å². The Morgan fingerprint density at radius 2 is 2.11 bits per heavy atom. The van der Waals surface area contributed by atoms with Gasteiger partial charge in [-0.2, -0.15) is 13.2 Å². The first kappa shape index (κ1) is 14.5. The van der Waals surface area contributed by atoms with Crippen molar-refractivity contribution in [1.82, 2.24) is 5.32 Å². The molecule has 1 rings (SSSR count). The number of nitrogens with one attached hydrogen (secondary N) is 1. The maximum absolute atomic E-state index is 12.5. The second-order valence-electron chi connectivity index (χ2n) is 3.91. The number of hydrogen-bond donors (Lipinski definition) is 2. The van der Waals surface area contributed by atoms with Crippen LogP contribution in [0.25, 0.3) is 0 Å². The van der Waals surface area contributed by atoms with E-state index in [1.165, 1.54) is 19.1 Å². The summed E-state index contributed by atoms with van der Waals surface area (Å²) < 4.78 is 37.4. The van der Waals surface area contributed by atoms with Crippen LogP contribution < -0.4 is 5.32 Å². The zero-order valence-corrected chi connectivity index (χ0v) is 9.79. The van der Waals surface area contributed by atoms with E-state index in [1.54, 1.807) is 0 Å². The van der Waals surface area contributed by atoms with Crippen LogP contribution in [-0.2, 0) is 11.0 Å². The molecule has 0 spiro atoms. The summed E-state index contributed by atoms with van der Waals surface area (Å²) >= 11 is 0. The van der Waals surface area contributed by atoms with Gasteiger partial charge in [0.05, 0.1) is 11.7 Å². The van der Waals surface area contributed by atoms with E-state index in [4.69, 9.17) is 0 Å². The van der Waals surface area contributed by atoms with Crippen molar-refractivity contribution < 1.29 is 23.1 Å². The van der Waals surface area contributed by atoms with Gasteiger partial charge in [0, 0.05) is 13.5 Å². The fourth-order valence-corrected chi connectivity index (χ4v) is 1.47. The van der Waals surface area contributed by atoms with E-state index in [9.17, 15) is 23.1 Å². The maximum atomic E-state index is 12.5. The van der Waals surface area contributed by atoms with E-state index in [0.29, 0.717) is 0 Å². The Bertz CT molecular complexity index is 418. The molecular formula is C12H14F3NO2. The third-order valence-electron chi connectivity index (χ3n) is 2.39. The van der Waals surface area contributed by atoms with Crippen molar-refractivity contribution >= 4 is 5.91 Å². The first-order valence-corrected chi connectivity index (χ1v) is 5.40. The number of benzene rings is 1. The Balaban J connectivity index is 2.68. The molecular weight excluding hydrogens is 247 g/mol. The number of aliphatic hydroxyl groups excluding tert-OH is 1. The lowest BCUT2D eigenvalue weighted by atomic mass is 10.0. The van der Waals surface area contributed by atoms with Gasteiger partial charge >= 0.3 is 6.18 Å². The van der Waals surface area contributed by atoms with Crippen LogP contribution in [-0.4, -0.2) is 17.6 Å². The van der Waals surface area contributed by atoms with Crippen molar-refractivity contribution in [3.63, 3.8) is 0 Å². The molecule has 0 aromatic heterocycles. The average molecular weight is 261 g/mol. The highest BCUT2D eigenvalue weighted by Crippen LogP contribution is 2.31. The molecule has 0 radical (unpaired) electrons. The number of rotatable bonds is 4. The molecule has 0 saturated heterocycles. The van der Waals surface area contributed by atoms with Gasteiger partial charge in [-0.05, 0) is 24.1 Å². The number of halogens is 3. The summed E-state index contributed by atoms with van der Waals surface area (Å²) in [7, 11) is 0. The average Bonchev–Trinajstić information content (AvgIpc) is 2.27. The largest absolute Gasteiger partial charge is 0.416 e. The second kappa shape index (κ2) is 5.86. The van der Waals surface area contributed by atoms with Crippen molar-refractivity contribution in [3.8, 4) is 0 Å². The number of alkyl halides is 3. The maximum Gasteiger partial charge on any atom is 0.416 e. The Kier molecular flexibility index (Phi) is 4.72. The highest BCUT2D eigenvalue weighted by Gasteiger charge is 2.30. The molecule has 0 aliphatic heterocycles. The van der Waals surface area contributed by atoms with Crippen molar-refractivity contribution in [2.75, 3.05) is 6.54 Å². The van der Waals surface area contributed by atoms with E-state index < -0.39 is 17.8 Å². The van der Waals surface area contributed by atoms with Gasteiger partial charge in [0.1, 0.15) is 0 Å². The smallest absolute Gasteiger partial charge is 0.388 e. The zero-order valence-electron chi connectivity index (χ0n) is 9.79. The van der Waals surface area contributed by atoms with E-state index in [2.05, 4.69) is 5.32 Å². The molecule has 1 aromatic carbocycles. The van der Waals surface area contributed by atoms with E-state index >= 15 is 0 Å². The van der Waals surface area contributed by atoms with Gasteiger partial charge in [0.2, 0.25) is 5.91 Å². The fraction of sp³-hybridized carbons (Fsp3) is 0.417. The third kappa shape index (κ3) is 4.37. The van der Waals surface area contributed by atoms with Crippen molar-refractivity contribution in [2.24, 2.45) is 0 Å². The van der Waals surface area contributed by atoms with Crippen LogP contribution in [0.3, 0.4) is 0 Å². The molecule has 0 bridgehead atoms. The van der Waals surface area contributed by atoms with Gasteiger partial charge in [-0.25, -0.2) is 0 Å². The van der Waals surface area contributed by atoms with Gasteiger partial charge in [-0.15, -0.1) is 0 Å². The first-order valence-electron chi connectivity index (χ1n) is 5.40. The molecule has 6 heteroatoms. The lowest BCUT2D eigenvalue weighted by Gasteiger charge is -2.13. The normalized spacial score (nSPS) is 13.2. The molecule has 0 saturated carbocycles. The van der Waals surface area contributed by atoms with Gasteiger partial charge in [-0.3, -0.25) is 4.79 Å². The highest BCUT2D eigenvalue weighted by molar-refractivity contribution is 5.72. The third-order valence-corrected chi connectivity index (χ3v) is 2.39. The number of carbonyl (C=O) groups excluding carboxylic acids is 1. The Labute approximate surface area is 103 Å². The summed E-state index contributed by atoms with van der Waals surface area (Å²) in [6, 6.07) is 4.54. The predicted molar refractivity (Wildman–Crippen MR) is 59.7 cm³/mol. The zero-order chi connectivity index (χ0) is 13.8. The molecule has 18 heavy (non-hydrogen) atoms. The number of amides is 1. The van der Waals surface area contributed by atoms with Gasteiger partial charge in [-0.1, -0.05) is 12.1 Å². The minimum absolute atomic E-state index is 0.168. The van der Waals surface area contributed by atoms with Crippen LogP contribution in [0.2, 0.25) is 0 Å². The quantitative estimate of drug-likeness (QED) is 0.873. The van der Waals surface area contributed by atoms with Crippen LogP contribution >= 0.6 is 0 Å². The fourth-order valence-electron chi connectivity index (χ4n) is 1.47. The van der Waals surface area contributed by atoms with Gasteiger partial charge in [0.25, 0.3) is 0 Å². The van der Waals surface area contributed by atoms with E-state index in [1.807, 2.05) is 0 Å². The molecule has 0 aliphatic carbocycles. The van der Waals surface area contributed by atoms with Crippen LogP contribution in [0.4, 0.5) is 13.2 Å². The van der Waals surface area contributed by atoms with Crippen molar-refractivity contribution in [3.05, 3.63) is 35.4 Å². The summed E-state index contributed by atoms with van der Waals surface area (Å²) in [5.41, 5.74) is -0.603. The van der Waals surface area contributed by atoms with E-state index in [-0.39, 0.29) is 24.4 Å². The highest BCUT2D eigenvalue weighted by atomic mass is 19.4. The number of hydrogen-bond acceptors (Lipinski definition) is 2. The molecule has 1 amide bonds. The van der Waals surface area contributed by atoms with Crippen LogP contribution in [0.15, 0.2) is 24.3 Å². The summed E-state index contributed by atoms with van der Waals surface area (Å²) in [5, 5.41) is 12.2. The molecule has 0 fully saturated rings. The number of carbonyl (C=O) groups is 1. The predicted octanol–water partition coefficient (Wildman–Crippen LogP) is 2.27. The van der Waals surface area contributed by atoms with Gasteiger partial charge < -0.3 is 10.4 Å². The molecule has 2 N–H and O–H groups in total. The molecule has 1 aromatic rings. The van der Waals surface area contributed by atoms with E-state index in [0.717, 1.165) is 12.1 Å². The summed E-state index contributed by atoms with van der Waals surface area (Å²) in [6.07, 6.45) is -5.28. The molecule has 1 unspecified atom stereocenters. The number of aliphatic hydroxyl groups is 1. The standard InChI is InChI=1S/C12H14F3NO2/c1-8(17)16-6-5-11(18)9-3-2-4-10(7-9)12(13,14)15/h2-4,7,11,18H,5-6H2,1H3,(H,16,17). The summed E-state index contributed by atoms with van der Waals surface area (Å²) in [5.74, 6) is -0.244. The summed E-state index contributed by atoms with van der Waals surface area (Å²) in [4.78, 5) is 10.6. The Morgan fingerprint density at radius 3 is 2.67 bits per heavy atom. The Morgan fingerprint density at radius 1 is 1.44 bits per heavy atom. The minimum atomic E-state index is -4.42. The monoisotopic (exact) mass is 261 g/mol. The molecule has 0 aliphatic rings. The Hall–Kier alpha value is -1.56. The van der Waals surface area contributed by atoms with Crippen molar-refractivity contribution in [1.29, 1.82) is 0 Å². The SMILES string of the molecule is CC(=O)NCCC(O)c1cccc(C(F)(F)F)c1. The molecule has 1 atom stereocenters. The molecule has 0 heterocycles. The first-order chi connectivity index (χ1) is 8.30. The molecule has 3 nitrogen and oxygen atoms in total. The van der Waals surface area contributed by atoms with Crippen LogP contribution in [0.1, 0.15) is 30.6 Å². The second-order valence-corrected chi connectivity index (χ2v) is 3.91.